The molecule has 0 aliphatic carbocycles. The van der Waals surface area contributed by atoms with Crippen LogP contribution in [0.1, 0.15) is 22.3 Å². The van der Waals surface area contributed by atoms with Crippen molar-refractivity contribution in [2.75, 3.05) is 11.9 Å². The van der Waals surface area contributed by atoms with Gasteiger partial charge in [-0.05, 0) is 50.1 Å². The number of benzene rings is 1. The highest BCUT2D eigenvalue weighted by atomic mass is 79.9. The van der Waals surface area contributed by atoms with Crippen molar-refractivity contribution in [3.05, 3.63) is 49.0 Å². The van der Waals surface area contributed by atoms with Crippen LogP contribution in [0.4, 0.5) is 5.69 Å². The maximum absolute atomic E-state index is 12.3. The smallest absolute Gasteiger partial charge is 0.257 e. The lowest BCUT2D eigenvalue weighted by atomic mass is 10.1. The third-order valence-electron chi connectivity index (χ3n) is 2.54. The molecule has 0 aliphatic rings. The average molecular weight is 429 g/mol. The lowest BCUT2D eigenvalue weighted by molar-refractivity contribution is 0.102. The minimum absolute atomic E-state index is 0.0252. The van der Waals surface area contributed by atoms with E-state index in [4.69, 9.17) is 5.11 Å². The van der Waals surface area contributed by atoms with E-state index in [-0.39, 0.29) is 12.5 Å². The van der Waals surface area contributed by atoms with Gasteiger partial charge in [0.1, 0.15) is 0 Å². The number of para-hydroxylation sites is 1. The second kappa shape index (κ2) is 7.76. The Balaban J connectivity index is 2.22. The normalized spacial score (nSPS) is 9.86. The van der Waals surface area contributed by atoms with Gasteiger partial charge in [0.15, 0.2) is 0 Å². The van der Waals surface area contributed by atoms with Crippen molar-refractivity contribution >= 4 is 54.8 Å². The fourth-order valence-corrected chi connectivity index (χ4v) is 4.39. The van der Waals surface area contributed by atoms with E-state index in [0.29, 0.717) is 17.7 Å². The van der Waals surface area contributed by atoms with Crippen LogP contribution in [0.5, 0.6) is 0 Å². The average Bonchev–Trinajstić information content (AvgIpc) is 2.80. The van der Waals surface area contributed by atoms with Crippen LogP contribution in [-0.2, 0) is 0 Å². The molecule has 1 heterocycles. The maximum atomic E-state index is 12.3. The second-order valence-electron chi connectivity index (χ2n) is 4.01. The second-order valence-corrected chi connectivity index (χ2v) is 7.76. The fourth-order valence-electron chi connectivity index (χ4n) is 1.60. The van der Waals surface area contributed by atoms with E-state index in [2.05, 4.69) is 49.0 Å². The Kier molecular flexibility index (Phi) is 6.00. The molecule has 3 nitrogen and oxygen atoms in total. The zero-order chi connectivity index (χ0) is 15.2. The number of hydrogen-bond acceptors (Lipinski definition) is 3. The topological polar surface area (TPSA) is 49.3 Å². The molecule has 0 unspecified atom stereocenters. The molecule has 21 heavy (non-hydrogen) atoms. The van der Waals surface area contributed by atoms with Crippen LogP contribution in [0.25, 0.3) is 0 Å². The number of thiophene rings is 1. The van der Waals surface area contributed by atoms with Gasteiger partial charge in [0.05, 0.1) is 25.4 Å². The summed E-state index contributed by atoms with van der Waals surface area (Å²) in [6.07, 6.45) is 0.408. The molecule has 0 saturated carbocycles. The van der Waals surface area contributed by atoms with Crippen LogP contribution in [0.3, 0.4) is 0 Å². The predicted molar refractivity (Wildman–Crippen MR) is 92.7 cm³/mol. The first-order chi connectivity index (χ1) is 10.1. The van der Waals surface area contributed by atoms with E-state index < -0.39 is 0 Å². The molecule has 0 aliphatic heterocycles. The SMILES string of the molecule is O=C(Nc1ccccc1C#CCCO)c1cc(Br)sc1Br. The molecule has 2 aromatic rings. The summed E-state index contributed by atoms with van der Waals surface area (Å²) in [6.45, 7) is 0.0252. The summed E-state index contributed by atoms with van der Waals surface area (Å²) in [4.78, 5) is 12.3. The molecule has 0 bridgehead atoms. The summed E-state index contributed by atoms with van der Waals surface area (Å²) < 4.78 is 1.66. The third-order valence-corrected chi connectivity index (χ3v) is 4.88. The molecular formula is C15H11Br2NO2S. The Morgan fingerprint density at radius 1 is 1.33 bits per heavy atom. The molecule has 0 atom stereocenters. The van der Waals surface area contributed by atoms with Crippen LogP contribution in [0.15, 0.2) is 37.9 Å². The van der Waals surface area contributed by atoms with Crippen LogP contribution in [0.2, 0.25) is 0 Å². The maximum Gasteiger partial charge on any atom is 0.257 e. The van der Waals surface area contributed by atoms with Gasteiger partial charge in [0.2, 0.25) is 0 Å². The Bertz CT molecular complexity index is 716. The van der Waals surface area contributed by atoms with E-state index in [1.807, 2.05) is 18.2 Å². The van der Waals surface area contributed by atoms with Gasteiger partial charge in [-0.2, -0.15) is 0 Å². The quantitative estimate of drug-likeness (QED) is 0.717. The zero-order valence-corrected chi connectivity index (χ0v) is 14.8. The van der Waals surface area contributed by atoms with Crippen LogP contribution >= 0.6 is 43.2 Å². The molecule has 2 rings (SSSR count). The lowest BCUT2D eigenvalue weighted by Gasteiger charge is -2.06. The van der Waals surface area contributed by atoms with Gasteiger partial charge in [-0.15, -0.1) is 11.3 Å². The molecule has 0 radical (unpaired) electrons. The summed E-state index contributed by atoms with van der Waals surface area (Å²) in [7, 11) is 0. The number of aliphatic hydroxyl groups excluding tert-OH is 1. The number of carbonyl (C=O) groups is 1. The van der Waals surface area contributed by atoms with Crippen molar-refractivity contribution < 1.29 is 9.90 Å². The molecule has 1 amide bonds. The number of aliphatic hydroxyl groups is 1. The number of nitrogens with one attached hydrogen (secondary N) is 1. The molecule has 1 aromatic carbocycles. The molecule has 2 N–H and O–H groups in total. The molecule has 0 saturated heterocycles. The molecule has 0 fully saturated rings. The molecular weight excluding hydrogens is 418 g/mol. The number of rotatable bonds is 3. The summed E-state index contributed by atoms with van der Waals surface area (Å²) in [5.41, 5.74) is 1.96. The van der Waals surface area contributed by atoms with Gasteiger partial charge in [-0.3, -0.25) is 4.79 Å². The summed E-state index contributed by atoms with van der Waals surface area (Å²) in [6, 6.07) is 9.10. The highest BCUT2D eigenvalue weighted by molar-refractivity contribution is 9.12. The molecule has 6 heteroatoms. The number of carbonyl (C=O) groups excluding carboxylic acids is 1. The van der Waals surface area contributed by atoms with Crippen LogP contribution < -0.4 is 5.32 Å². The number of amides is 1. The van der Waals surface area contributed by atoms with E-state index in [9.17, 15) is 4.79 Å². The zero-order valence-electron chi connectivity index (χ0n) is 10.8. The van der Waals surface area contributed by atoms with Crippen LogP contribution in [0, 0.1) is 11.8 Å². The molecule has 108 valence electrons. The highest BCUT2D eigenvalue weighted by Gasteiger charge is 2.14. The monoisotopic (exact) mass is 427 g/mol. The van der Waals surface area contributed by atoms with Crippen molar-refractivity contribution in [1.29, 1.82) is 0 Å². The minimum atomic E-state index is -0.194. The van der Waals surface area contributed by atoms with Crippen molar-refractivity contribution in [3.8, 4) is 11.8 Å². The Morgan fingerprint density at radius 2 is 2.10 bits per heavy atom. The fraction of sp³-hybridized carbons (Fsp3) is 0.133. The lowest BCUT2D eigenvalue weighted by Crippen LogP contribution is -2.12. The summed E-state index contributed by atoms with van der Waals surface area (Å²) >= 11 is 8.17. The van der Waals surface area contributed by atoms with Gasteiger partial charge < -0.3 is 10.4 Å². The third kappa shape index (κ3) is 4.42. The van der Waals surface area contributed by atoms with Crippen molar-refractivity contribution in [1.82, 2.24) is 0 Å². The van der Waals surface area contributed by atoms with Gasteiger partial charge in [-0.1, -0.05) is 24.0 Å². The minimum Gasteiger partial charge on any atom is -0.395 e. The Morgan fingerprint density at radius 3 is 2.76 bits per heavy atom. The van der Waals surface area contributed by atoms with E-state index in [1.54, 1.807) is 12.1 Å². The predicted octanol–water partition coefficient (Wildman–Crippen LogP) is 4.26. The molecule has 0 spiro atoms. The van der Waals surface area contributed by atoms with E-state index in [0.717, 1.165) is 13.1 Å². The highest BCUT2D eigenvalue weighted by Crippen LogP contribution is 2.32. The van der Waals surface area contributed by atoms with Gasteiger partial charge in [-0.25, -0.2) is 0 Å². The Labute approximate surface area is 143 Å². The van der Waals surface area contributed by atoms with E-state index in [1.165, 1.54) is 11.3 Å². The van der Waals surface area contributed by atoms with Crippen molar-refractivity contribution in [2.24, 2.45) is 0 Å². The first-order valence-electron chi connectivity index (χ1n) is 6.06. The molecule has 1 aromatic heterocycles. The van der Waals surface area contributed by atoms with E-state index >= 15 is 0 Å². The van der Waals surface area contributed by atoms with Crippen LogP contribution in [-0.4, -0.2) is 17.6 Å². The van der Waals surface area contributed by atoms with Crippen molar-refractivity contribution in [3.63, 3.8) is 0 Å². The summed E-state index contributed by atoms with van der Waals surface area (Å²) in [5, 5.41) is 11.6. The van der Waals surface area contributed by atoms with Gasteiger partial charge >= 0.3 is 0 Å². The number of anilines is 1. The number of hydrogen-bond donors (Lipinski definition) is 2. The van der Waals surface area contributed by atoms with Crippen molar-refractivity contribution in [2.45, 2.75) is 6.42 Å². The summed E-state index contributed by atoms with van der Waals surface area (Å²) in [5.74, 6) is 5.61. The largest absolute Gasteiger partial charge is 0.395 e. The number of halogens is 2. The van der Waals surface area contributed by atoms with Gasteiger partial charge in [0.25, 0.3) is 5.91 Å². The standard InChI is InChI=1S/C15H11Br2NO2S/c16-13-9-11(14(17)21-13)15(20)18-12-7-2-1-5-10(12)6-3-4-8-19/h1-2,5,7,9,19H,4,8H2,(H,18,20). The first-order valence-corrected chi connectivity index (χ1v) is 8.47. The first kappa shape index (κ1) is 16.2. The van der Waals surface area contributed by atoms with Gasteiger partial charge in [0, 0.05) is 12.0 Å². The Hall–Kier alpha value is -1.13.